The lowest BCUT2D eigenvalue weighted by molar-refractivity contribution is 0.328. The van der Waals surface area contributed by atoms with E-state index >= 15 is 0 Å². The van der Waals surface area contributed by atoms with Crippen LogP contribution in [-0.2, 0) is 6.42 Å². The van der Waals surface area contributed by atoms with Crippen molar-refractivity contribution in [1.29, 1.82) is 5.26 Å². The van der Waals surface area contributed by atoms with Gasteiger partial charge in [-0.2, -0.15) is 10.2 Å². The van der Waals surface area contributed by atoms with Crippen molar-refractivity contribution in [3.8, 4) is 41.2 Å². The number of nitrogen functional groups attached to an aromatic ring is 2. The summed E-state index contributed by atoms with van der Waals surface area (Å²) >= 11 is 0. The van der Waals surface area contributed by atoms with E-state index in [1.54, 1.807) is 18.2 Å². The molecule has 0 saturated carbocycles. The average Bonchev–Trinajstić information content (AvgIpc) is 2.59. The summed E-state index contributed by atoms with van der Waals surface area (Å²) in [5.41, 5.74) is 13.3. The fraction of sp³-hybridized carbons (Fsp3) is 0.167. The molecule has 0 spiro atoms. The Labute approximate surface area is 145 Å². The number of terminal acetylenes is 1. The quantitative estimate of drug-likeness (QED) is 0.611. The number of nitriles is 1. The number of anilines is 2. The molecule has 2 aromatic rings. The molecule has 0 aliphatic heterocycles. The van der Waals surface area contributed by atoms with E-state index in [0.717, 1.165) is 5.56 Å². The van der Waals surface area contributed by atoms with Crippen molar-refractivity contribution in [2.75, 3.05) is 25.2 Å². The Balaban J connectivity index is 2.72. The van der Waals surface area contributed by atoms with Crippen LogP contribution in [0.25, 0.3) is 11.3 Å². The van der Waals surface area contributed by atoms with Gasteiger partial charge in [-0.3, -0.25) is 0 Å². The highest BCUT2D eigenvalue weighted by Crippen LogP contribution is 2.38. The summed E-state index contributed by atoms with van der Waals surface area (Å²) in [6.45, 7) is 3.84. The molecule has 1 heterocycles. The Morgan fingerprint density at radius 3 is 2.72 bits per heavy atom. The standard InChI is InChI=1S/C18H17N5O2/c1-4-6-11-8-12(9-14(24-3)16(11)25-7-5-2)15-13(10-19)17(20)23-18(21)22-15/h2,4,8-9H,1,6-7H2,3H3,(H4,20,21,22,23). The molecule has 2 rings (SSSR count). The molecule has 0 atom stereocenters. The maximum absolute atomic E-state index is 9.38. The van der Waals surface area contributed by atoms with Gasteiger partial charge in [-0.15, -0.1) is 13.0 Å². The Kier molecular flexibility index (Phi) is 5.44. The predicted octanol–water partition coefficient (Wildman–Crippen LogP) is 1.93. The topological polar surface area (TPSA) is 120 Å². The third kappa shape index (κ3) is 3.62. The number of methoxy groups -OCH3 is 1. The molecule has 4 N–H and O–H groups in total. The molecule has 0 unspecified atom stereocenters. The lowest BCUT2D eigenvalue weighted by atomic mass is 10.0. The van der Waals surface area contributed by atoms with Gasteiger partial charge in [-0.05, 0) is 18.6 Å². The van der Waals surface area contributed by atoms with E-state index in [0.29, 0.717) is 29.2 Å². The monoisotopic (exact) mass is 335 g/mol. The van der Waals surface area contributed by atoms with Crippen molar-refractivity contribution < 1.29 is 9.47 Å². The first kappa shape index (κ1) is 17.6. The number of rotatable bonds is 6. The molecule has 0 bridgehead atoms. The second kappa shape index (κ2) is 7.71. The minimum absolute atomic E-state index is 0.0156. The maximum Gasteiger partial charge on any atom is 0.222 e. The number of ether oxygens (including phenoxy) is 2. The van der Waals surface area contributed by atoms with Crippen LogP contribution >= 0.6 is 0 Å². The van der Waals surface area contributed by atoms with E-state index in [1.165, 1.54) is 7.11 Å². The number of hydrogen-bond donors (Lipinski definition) is 2. The zero-order valence-corrected chi connectivity index (χ0v) is 13.7. The van der Waals surface area contributed by atoms with Gasteiger partial charge in [0.15, 0.2) is 11.5 Å². The Morgan fingerprint density at radius 1 is 1.36 bits per heavy atom. The third-order valence-electron chi connectivity index (χ3n) is 3.36. The maximum atomic E-state index is 9.38. The fourth-order valence-corrected chi connectivity index (χ4v) is 2.35. The molecule has 126 valence electrons. The third-order valence-corrected chi connectivity index (χ3v) is 3.36. The molecule has 0 radical (unpaired) electrons. The van der Waals surface area contributed by atoms with Gasteiger partial charge in [0.05, 0.1) is 12.8 Å². The number of nitrogens with zero attached hydrogens (tertiary/aromatic N) is 3. The summed E-state index contributed by atoms with van der Waals surface area (Å²) in [5, 5.41) is 9.38. The molecule has 25 heavy (non-hydrogen) atoms. The van der Waals surface area contributed by atoms with Crippen molar-refractivity contribution in [3.05, 3.63) is 35.9 Å². The van der Waals surface area contributed by atoms with E-state index in [-0.39, 0.29) is 23.9 Å². The Bertz CT molecular complexity index is 894. The van der Waals surface area contributed by atoms with Crippen LogP contribution < -0.4 is 20.9 Å². The second-order valence-corrected chi connectivity index (χ2v) is 4.95. The van der Waals surface area contributed by atoms with Crippen LogP contribution in [0, 0.1) is 23.7 Å². The molecule has 1 aromatic heterocycles. The van der Waals surface area contributed by atoms with Gasteiger partial charge in [0.2, 0.25) is 5.95 Å². The molecule has 0 fully saturated rings. The minimum atomic E-state index is -0.0246. The van der Waals surface area contributed by atoms with Crippen molar-refractivity contribution >= 4 is 11.8 Å². The van der Waals surface area contributed by atoms with Crippen LogP contribution in [0.1, 0.15) is 11.1 Å². The van der Waals surface area contributed by atoms with E-state index in [1.807, 2.05) is 6.07 Å². The van der Waals surface area contributed by atoms with Gasteiger partial charge < -0.3 is 20.9 Å². The molecule has 0 amide bonds. The van der Waals surface area contributed by atoms with Gasteiger partial charge in [-0.25, -0.2) is 4.98 Å². The van der Waals surface area contributed by atoms with Crippen LogP contribution in [0.4, 0.5) is 11.8 Å². The minimum Gasteiger partial charge on any atom is -0.493 e. The zero-order chi connectivity index (χ0) is 18.4. The summed E-state index contributed by atoms with van der Waals surface area (Å²) in [7, 11) is 1.51. The number of allylic oxidation sites excluding steroid dienone is 1. The molecule has 0 aliphatic rings. The normalized spacial score (nSPS) is 9.72. The lowest BCUT2D eigenvalue weighted by Crippen LogP contribution is -2.06. The molecule has 7 nitrogen and oxygen atoms in total. The second-order valence-electron chi connectivity index (χ2n) is 4.95. The van der Waals surface area contributed by atoms with Crippen molar-refractivity contribution in [2.24, 2.45) is 0 Å². The summed E-state index contributed by atoms with van der Waals surface area (Å²) in [5.74, 6) is 3.37. The van der Waals surface area contributed by atoms with Crippen molar-refractivity contribution in [2.45, 2.75) is 6.42 Å². The van der Waals surface area contributed by atoms with E-state index in [9.17, 15) is 5.26 Å². The SMILES string of the molecule is C#CCOc1c(CC=C)cc(-c2nc(N)nc(N)c2C#N)cc1OC. The fourth-order valence-electron chi connectivity index (χ4n) is 2.35. The number of aromatic nitrogens is 2. The van der Waals surface area contributed by atoms with Gasteiger partial charge in [0, 0.05) is 11.1 Å². The van der Waals surface area contributed by atoms with Gasteiger partial charge >= 0.3 is 0 Å². The molecule has 1 aromatic carbocycles. The summed E-state index contributed by atoms with van der Waals surface area (Å²) in [4.78, 5) is 7.97. The highest BCUT2D eigenvalue weighted by atomic mass is 16.5. The summed E-state index contributed by atoms with van der Waals surface area (Å²) in [6.07, 6.45) is 7.49. The van der Waals surface area contributed by atoms with E-state index in [2.05, 4.69) is 22.5 Å². The molecule has 0 aliphatic carbocycles. The van der Waals surface area contributed by atoms with Crippen LogP contribution in [0.5, 0.6) is 11.5 Å². The van der Waals surface area contributed by atoms with Crippen LogP contribution in [0.2, 0.25) is 0 Å². The zero-order valence-electron chi connectivity index (χ0n) is 13.7. The van der Waals surface area contributed by atoms with Crippen molar-refractivity contribution in [1.82, 2.24) is 9.97 Å². The first-order valence-corrected chi connectivity index (χ1v) is 7.27. The predicted molar refractivity (Wildman–Crippen MR) is 95.8 cm³/mol. The van der Waals surface area contributed by atoms with Crippen molar-refractivity contribution in [3.63, 3.8) is 0 Å². The highest BCUT2D eigenvalue weighted by Gasteiger charge is 2.18. The van der Waals surface area contributed by atoms with Gasteiger partial charge in [-0.1, -0.05) is 12.0 Å². The van der Waals surface area contributed by atoms with Crippen LogP contribution in [0.3, 0.4) is 0 Å². The molecule has 0 saturated heterocycles. The Hall–Kier alpha value is -3.71. The van der Waals surface area contributed by atoms with E-state index in [4.69, 9.17) is 27.4 Å². The highest BCUT2D eigenvalue weighted by molar-refractivity contribution is 5.75. The molecular weight excluding hydrogens is 318 g/mol. The number of nitrogens with two attached hydrogens (primary N) is 2. The van der Waals surface area contributed by atoms with Crippen LogP contribution in [-0.4, -0.2) is 23.7 Å². The lowest BCUT2D eigenvalue weighted by Gasteiger charge is -2.16. The largest absolute Gasteiger partial charge is 0.493 e. The average molecular weight is 335 g/mol. The summed E-state index contributed by atoms with van der Waals surface area (Å²) in [6, 6.07) is 5.49. The smallest absolute Gasteiger partial charge is 0.222 e. The van der Waals surface area contributed by atoms with Crippen LogP contribution in [0.15, 0.2) is 24.8 Å². The van der Waals surface area contributed by atoms with Gasteiger partial charge in [0.25, 0.3) is 0 Å². The number of hydrogen-bond acceptors (Lipinski definition) is 7. The van der Waals surface area contributed by atoms with E-state index < -0.39 is 0 Å². The molecule has 7 heteroatoms. The Morgan fingerprint density at radius 2 is 2.12 bits per heavy atom. The first-order chi connectivity index (χ1) is 12.0. The summed E-state index contributed by atoms with van der Waals surface area (Å²) < 4.78 is 11.0. The van der Waals surface area contributed by atoms with Gasteiger partial charge in [0.1, 0.15) is 24.1 Å². The number of benzene rings is 1. The first-order valence-electron chi connectivity index (χ1n) is 7.27. The molecular formula is C18H17N5O2.